The second-order valence-corrected chi connectivity index (χ2v) is 3.43. The minimum absolute atomic E-state index is 0.562. The Bertz CT molecular complexity index is 161. The number of nitrogens with zero attached hydrogens (tertiary/aromatic N) is 1. The van der Waals surface area contributed by atoms with E-state index in [2.05, 4.69) is 31.9 Å². The van der Waals surface area contributed by atoms with Crippen molar-refractivity contribution >= 4 is 0 Å². The van der Waals surface area contributed by atoms with E-state index in [-0.39, 0.29) is 0 Å². The Morgan fingerprint density at radius 3 is 2.36 bits per heavy atom. The van der Waals surface area contributed by atoms with E-state index in [0.717, 1.165) is 6.54 Å². The van der Waals surface area contributed by atoms with Gasteiger partial charge in [-0.2, -0.15) is 0 Å². The van der Waals surface area contributed by atoms with Crippen LogP contribution < -0.4 is 0 Å². The second-order valence-electron chi connectivity index (χ2n) is 3.43. The molecule has 0 aromatic carbocycles. The first kappa shape index (κ1) is 8.38. The van der Waals surface area contributed by atoms with Gasteiger partial charge in [0.05, 0.1) is 0 Å². The summed E-state index contributed by atoms with van der Waals surface area (Å²) < 4.78 is 0. The van der Waals surface area contributed by atoms with Crippen LogP contribution in [-0.4, -0.2) is 17.5 Å². The fourth-order valence-corrected chi connectivity index (χ4v) is 1.74. The summed E-state index contributed by atoms with van der Waals surface area (Å²) in [5.74, 6) is 0. The van der Waals surface area contributed by atoms with Crippen LogP contribution in [0.15, 0.2) is 24.4 Å². The smallest absolute Gasteiger partial charge is 0.0494 e. The fourth-order valence-electron chi connectivity index (χ4n) is 1.74. The van der Waals surface area contributed by atoms with Gasteiger partial charge in [0.2, 0.25) is 0 Å². The zero-order valence-electron chi connectivity index (χ0n) is 7.56. The van der Waals surface area contributed by atoms with E-state index in [9.17, 15) is 0 Å². The van der Waals surface area contributed by atoms with Crippen molar-refractivity contribution in [3.8, 4) is 0 Å². The van der Waals surface area contributed by atoms with Crippen LogP contribution in [0.1, 0.15) is 26.7 Å². The molecule has 1 rings (SSSR count). The third kappa shape index (κ3) is 1.65. The summed E-state index contributed by atoms with van der Waals surface area (Å²) in [6.45, 7) is 13.3. The molecule has 0 amide bonds. The van der Waals surface area contributed by atoms with E-state index in [4.69, 9.17) is 0 Å². The molecule has 0 bridgehead atoms. The molecule has 0 aliphatic carbocycles. The summed E-state index contributed by atoms with van der Waals surface area (Å²) >= 11 is 0. The summed E-state index contributed by atoms with van der Waals surface area (Å²) in [4.78, 5) is 2.35. The van der Waals surface area contributed by atoms with Gasteiger partial charge in [0.25, 0.3) is 0 Å². The molecule has 1 fully saturated rings. The molecule has 1 heterocycles. The van der Waals surface area contributed by atoms with Crippen LogP contribution in [-0.2, 0) is 0 Å². The zero-order chi connectivity index (χ0) is 8.43. The lowest BCUT2D eigenvalue weighted by atomic mass is 10.1. The molecule has 1 heteroatoms. The van der Waals surface area contributed by atoms with Crippen LogP contribution in [0.3, 0.4) is 0 Å². The Morgan fingerprint density at radius 1 is 1.36 bits per heavy atom. The van der Waals surface area contributed by atoms with Crippen molar-refractivity contribution in [1.29, 1.82) is 0 Å². The molecule has 62 valence electrons. The van der Waals surface area contributed by atoms with Crippen LogP contribution in [0.2, 0.25) is 0 Å². The topological polar surface area (TPSA) is 3.24 Å². The van der Waals surface area contributed by atoms with Gasteiger partial charge in [-0.1, -0.05) is 18.7 Å². The highest BCUT2D eigenvalue weighted by molar-refractivity contribution is 5.10. The van der Waals surface area contributed by atoms with Gasteiger partial charge in [-0.15, -0.1) is 0 Å². The number of hydrogen-bond donors (Lipinski definition) is 0. The number of allylic oxidation sites excluding steroid dienone is 1. The molecule has 1 aliphatic heterocycles. The zero-order valence-corrected chi connectivity index (χ0v) is 7.56. The molecule has 1 nitrogen and oxygen atoms in total. The van der Waals surface area contributed by atoms with E-state index in [1.807, 2.05) is 0 Å². The minimum atomic E-state index is 0.562. The highest BCUT2D eigenvalue weighted by atomic mass is 15.2. The second kappa shape index (κ2) is 3.12. The summed E-state index contributed by atoms with van der Waals surface area (Å²) in [5.41, 5.74) is 2.45. The van der Waals surface area contributed by atoms with Crippen molar-refractivity contribution in [1.82, 2.24) is 4.90 Å². The maximum atomic E-state index is 3.99. The lowest BCUT2D eigenvalue weighted by molar-refractivity contribution is 0.357. The summed E-state index contributed by atoms with van der Waals surface area (Å²) in [6, 6.07) is 0.562. The fraction of sp³-hybridized carbons (Fsp3) is 0.600. The molecule has 0 spiro atoms. The van der Waals surface area contributed by atoms with Crippen LogP contribution in [0.25, 0.3) is 0 Å². The van der Waals surface area contributed by atoms with E-state index in [1.165, 1.54) is 24.1 Å². The Labute approximate surface area is 69.4 Å². The Kier molecular flexibility index (Phi) is 2.38. The molecule has 1 atom stereocenters. The molecule has 1 aliphatic rings. The van der Waals surface area contributed by atoms with Gasteiger partial charge < -0.3 is 4.90 Å². The Hall–Kier alpha value is -0.720. The summed E-state index contributed by atoms with van der Waals surface area (Å²) in [5, 5.41) is 0. The quantitative estimate of drug-likeness (QED) is 0.548. The van der Waals surface area contributed by atoms with Crippen molar-refractivity contribution in [3.63, 3.8) is 0 Å². The van der Waals surface area contributed by atoms with Crippen LogP contribution in [0, 0.1) is 0 Å². The minimum Gasteiger partial charge on any atom is -0.369 e. The largest absolute Gasteiger partial charge is 0.369 e. The lowest BCUT2D eigenvalue weighted by Gasteiger charge is -2.26. The van der Waals surface area contributed by atoms with Crippen molar-refractivity contribution < 1.29 is 0 Å². The van der Waals surface area contributed by atoms with Gasteiger partial charge in [-0.25, -0.2) is 0 Å². The van der Waals surface area contributed by atoms with Crippen molar-refractivity contribution in [3.05, 3.63) is 24.4 Å². The standard InChI is InChI=1S/C10H17N/c1-8(2)10-6-5-7-11(10)9(3)4/h10H,1,3,5-7H2,2,4H3/t10-/m0/s1. The van der Waals surface area contributed by atoms with Gasteiger partial charge in [0.1, 0.15) is 0 Å². The molecular formula is C10H17N. The molecule has 0 aromatic heterocycles. The molecule has 0 saturated carbocycles. The molecule has 0 N–H and O–H groups in total. The van der Waals surface area contributed by atoms with Gasteiger partial charge in [0.15, 0.2) is 0 Å². The van der Waals surface area contributed by atoms with Crippen molar-refractivity contribution in [2.75, 3.05) is 6.54 Å². The van der Waals surface area contributed by atoms with E-state index >= 15 is 0 Å². The molecule has 11 heavy (non-hydrogen) atoms. The predicted molar refractivity (Wildman–Crippen MR) is 49.4 cm³/mol. The first-order valence-electron chi connectivity index (χ1n) is 4.20. The average molecular weight is 151 g/mol. The summed E-state index contributed by atoms with van der Waals surface area (Å²) in [7, 11) is 0. The Morgan fingerprint density at radius 2 is 2.00 bits per heavy atom. The average Bonchev–Trinajstić information content (AvgIpc) is 2.32. The van der Waals surface area contributed by atoms with E-state index in [1.54, 1.807) is 0 Å². The SMILES string of the molecule is C=C(C)[C@@H]1CCCN1C(=C)C. The molecule has 0 radical (unpaired) electrons. The first-order chi connectivity index (χ1) is 5.13. The van der Waals surface area contributed by atoms with E-state index in [0.29, 0.717) is 6.04 Å². The molecular weight excluding hydrogens is 134 g/mol. The lowest BCUT2D eigenvalue weighted by Crippen LogP contribution is -2.27. The van der Waals surface area contributed by atoms with Crippen molar-refractivity contribution in [2.24, 2.45) is 0 Å². The maximum Gasteiger partial charge on any atom is 0.0494 e. The highest BCUT2D eigenvalue weighted by Crippen LogP contribution is 2.25. The van der Waals surface area contributed by atoms with Crippen LogP contribution in [0.4, 0.5) is 0 Å². The van der Waals surface area contributed by atoms with Gasteiger partial charge in [-0.05, 0) is 26.7 Å². The molecule has 0 unspecified atom stereocenters. The predicted octanol–water partition coefficient (Wildman–Crippen LogP) is 2.56. The Balaban J connectivity index is 2.65. The van der Waals surface area contributed by atoms with E-state index < -0.39 is 0 Å². The summed E-state index contributed by atoms with van der Waals surface area (Å²) in [6.07, 6.45) is 2.53. The van der Waals surface area contributed by atoms with Crippen molar-refractivity contribution in [2.45, 2.75) is 32.7 Å². The maximum absolute atomic E-state index is 3.99. The molecule has 1 saturated heterocycles. The highest BCUT2D eigenvalue weighted by Gasteiger charge is 2.23. The molecule has 0 aromatic rings. The van der Waals surface area contributed by atoms with Gasteiger partial charge >= 0.3 is 0 Å². The first-order valence-corrected chi connectivity index (χ1v) is 4.20. The van der Waals surface area contributed by atoms with Crippen LogP contribution in [0.5, 0.6) is 0 Å². The normalized spacial score (nSPS) is 23.8. The third-order valence-electron chi connectivity index (χ3n) is 2.31. The van der Waals surface area contributed by atoms with Gasteiger partial charge in [-0.3, -0.25) is 0 Å². The third-order valence-corrected chi connectivity index (χ3v) is 2.31. The number of hydrogen-bond acceptors (Lipinski definition) is 1. The number of likely N-dealkylation sites (tertiary alicyclic amines) is 1. The van der Waals surface area contributed by atoms with Gasteiger partial charge in [0, 0.05) is 18.3 Å². The number of rotatable bonds is 2. The monoisotopic (exact) mass is 151 g/mol. The van der Waals surface area contributed by atoms with Crippen LogP contribution >= 0.6 is 0 Å².